The fraction of sp³-hybridized carbons (Fsp3) is 0.278. The lowest BCUT2D eigenvalue weighted by Gasteiger charge is -2.15. The average Bonchev–Trinajstić information content (AvgIpc) is 2.57. The van der Waals surface area contributed by atoms with E-state index in [9.17, 15) is 13.2 Å². The van der Waals surface area contributed by atoms with Crippen LogP contribution in [0.5, 0.6) is 5.75 Å². The Morgan fingerprint density at radius 2 is 1.96 bits per heavy atom. The highest BCUT2D eigenvalue weighted by Crippen LogP contribution is 2.22. The van der Waals surface area contributed by atoms with Crippen LogP contribution in [-0.2, 0) is 14.8 Å². The Kier molecular flexibility index (Phi) is 6.50. The Labute approximate surface area is 158 Å². The highest BCUT2D eigenvalue weighted by molar-refractivity contribution is 7.92. The normalized spacial score (nSPS) is 12.3. The van der Waals surface area contributed by atoms with Crippen LogP contribution in [-0.4, -0.2) is 27.2 Å². The van der Waals surface area contributed by atoms with Crippen molar-refractivity contribution in [1.82, 2.24) is 0 Å². The van der Waals surface area contributed by atoms with Gasteiger partial charge in [-0.15, -0.1) is 0 Å². The highest BCUT2D eigenvalue weighted by atomic mass is 35.5. The zero-order valence-electron chi connectivity index (χ0n) is 14.7. The number of anilines is 2. The molecule has 0 aliphatic heterocycles. The summed E-state index contributed by atoms with van der Waals surface area (Å²) in [6.45, 7) is 3.39. The molecular weight excluding hydrogens is 376 g/mol. The van der Waals surface area contributed by atoms with Gasteiger partial charge >= 0.3 is 0 Å². The molecule has 2 N–H and O–H groups in total. The van der Waals surface area contributed by atoms with Crippen LogP contribution < -0.4 is 14.8 Å². The second-order valence-electron chi connectivity index (χ2n) is 5.96. The third-order valence-electron chi connectivity index (χ3n) is 3.72. The van der Waals surface area contributed by atoms with Crippen molar-refractivity contribution in [3.63, 3.8) is 0 Å². The number of carbonyl (C=O) groups excluding carboxylic acids is 1. The summed E-state index contributed by atoms with van der Waals surface area (Å²) in [7, 11) is -2.21. The predicted octanol–water partition coefficient (Wildman–Crippen LogP) is 3.67. The predicted molar refractivity (Wildman–Crippen MR) is 104 cm³/mol. The zero-order valence-corrected chi connectivity index (χ0v) is 16.3. The van der Waals surface area contributed by atoms with E-state index in [-0.39, 0.29) is 5.75 Å². The standard InChI is InChI=1S/C18H21ClN2O4S/c1-12-7-8-14(19)9-17(12)20-18(22)13(2)11-26(23,24)21-15-5-4-6-16(10-15)25-3/h4-10,13,21H,11H2,1-3H3,(H,20,22). The molecule has 0 saturated carbocycles. The molecule has 0 fully saturated rings. The number of hydrogen-bond donors (Lipinski definition) is 2. The number of halogens is 1. The maximum absolute atomic E-state index is 12.3. The molecular formula is C18H21ClN2O4S. The van der Waals surface area contributed by atoms with Crippen molar-refractivity contribution in [2.45, 2.75) is 13.8 Å². The maximum Gasteiger partial charge on any atom is 0.233 e. The molecule has 0 aliphatic carbocycles. The van der Waals surface area contributed by atoms with E-state index in [0.717, 1.165) is 5.56 Å². The van der Waals surface area contributed by atoms with Crippen LogP contribution >= 0.6 is 11.6 Å². The van der Waals surface area contributed by atoms with Gasteiger partial charge in [-0.1, -0.05) is 30.7 Å². The minimum Gasteiger partial charge on any atom is -0.497 e. The van der Waals surface area contributed by atoms with Crippen LogP contribution in [0.4, 0.5) is 11.4 Å². The zero-order chi connectivity index (χ0) is 19.3. The fourth-order valence-electron chi connectivity index (χ4n) is 2.30. The first-order valence-corrected chi connectivity index (χ1v) is 9.95. The van der Waals surface area contributed by atoms with Gasteiger partial charge in [0.15, 0.2) is 0 Å². The van der Waals surface area contributed by atoms with Crippen LogP contribution in [0.15, 0.2) is 42.5 Å². The number of rotatable bonds is 7. The minimum atomic E-state index is -3.71. The van der Waals surface area contributed by atoms with Crippen molar-refractivity contribution >= 4 is 38.9 Å². The van der Waals surface area contributed by atoms with Crippen LogP contribution in [0.2, 0.25) is 5.02 Å². The molecule has 0 aliphatic rings. The number of amides is 1. The Balaban J connectivity index is 2.03. The molecule has 0 bridgehead atoms. The van der Waals surface area contributed by atoms with Gasteiger partial charge in [0.25, 0.3) is 0 Å². The van der Waals surface area contributed by atoms with E-state index < -0.39 is 21.8 Å². The van der Waals surface area contributed by atoms with Gasteiger partial charge in [-0.05, 0) is 36.8 Å². The molecule has 0 heterocycles. The molecule has 1 unspecified atom stereocenters. The monoisotopic (exact) mass is 396 g/mol. The Morgan fingerprint density at radius 3 is 2.65 bits per heavy atom. The summed E-state index contributed by atoms with van der Waals surface area (Å²) in [6, 6.07) is 11.7. The number of carbonyl (C=O) groups is 1. The van der Waals surface area contributed by atoms with Crippen molar-refractivity contribution < 1.29 is 17.9 Å². The van der Waals surface area contributed by atoms with E-state index in [0.29, 0.717) is 22.1 Å². The topological polar surface area (TPSA) is 84.5 Å². The summed E-state index contributed by atoms with van der Waals surface area (Å²) in [5, 5.41) is 3.21. The molecule has 2 rings (SSSR count). The Hall–Kier alpha value is -2.25. The van der Waals surface area contributed by atoms with Gasteiger partial charge in [0.05, 0.1) is 24.5 Å². The molecule has 0 radical (unpaired) electrons. The van der Waals surface area contributed by atoms with Gasteiger partial charge in [-0.3, -0.25) is 9.52 Å². The lowest BCUT2D eigenvalue weighted by molar-refractivity contribution is -0.118. The molecule has 26 heavy (non-hydrogen) atoms. The van der Waals surface area contributed by atoms with Gasteiger partial charge < -0.3 is 10.1 Å². The molecule has 6 nitrogen and oxygen atoms in total. The number of benzene rings is 2. The molecule has 0 saturated heterocycles. The number of sulfonamides is 1. The smallest absolute Gasteiger partial charge is 0.233 e. The third-order valence-corrected chi connectivity index (χ3v) is 5.44. The largest absolute Gasteiger partial charge is 0.497 e. The van der Waals surface area contributed by atoms with Crippen molar-refractivity contribution in [2.24, 2.45) is 5.92 Å². The van der Waals surface area contributed by atoms with E-state index in [4.69, 9.17) is 16.3 Å². The molecule has 140 valence electrons. The second kappa shape index (κ2) is 8.42. The molecule has 0 spiro atoms. The van der Waals surface area contributed by atoms with E-state index >= 15 is 0 Å². The molecule has 2 aromatic rings. The molecule has 1 atom stereocenters. The van der Waals surface area contributed by atoms with E-state index in [1.807, 2.05) is 6.92 Å². The fourth-order valence-corrected chi connectivity index (χ4v) is 3.85. The second-order valence-corrected chi connectivity index (χ2v) is 8.17. The van der Waals surface area contributed by atoms with Crippen LogP contribution in [0.1, 0.15) is 12.5 Å². The highest BCUT2D eigenvalue weighted by Gasteiger charge is 2.22. The third kappa shape index (κ3) is 5.64. The van der Waals surface area contributed by atoms with Crippen molar-refractivity contribution in [1.29, 1.82) is 0 Å². The van der Waals surface area contributed by atoms with Crippen LogP contribution in [0, 0.1) is 12.8 Å². The SMILES string of the molecule is COc1cccc(NS(=O)(=O)CC(C)C(=O)Nc2cc(Cl)ccc2C)c1. The van der Waals surface area contributed by atoms with E-state index in [1.165, 1.54) is 7.11 Å². The van der Waals surface area contributed by atoms with Crippen LogP contribution in [0.25, 0.3) is 0 Å². The lowest BCUT2D eigenvalue weighted by Crippen LogP contribution is -2.30. The number of hydrogen-bond acceptors (Lipinski definition) is 4. The van der Waals surface area contributed by atoms with Gasteiger partial charge in [-0.25, -0.2) is 8.42 Å². The van der Waals surface area contributed by atoms with Gasteiger partial charge in [-0.2, -0.15) is 0 Å². The maximum atomic E-state index is 12.3. The number of methoxy groups -OCH3 is 1. The Morgan fingerprint density at radius 1 is 1.23 bits per heavy atom. The molecule has 0 aromatic heterocycles. The summed E-state index contributed by atoms with van der Waals surface area (Å²) in [5.41, 5.74) is 1.78. The van der Waals surface area contributed by atoms with Gasteiger partial charge in [0.2, 0.25) is 15.9 Å². The van der Waals surface area contributed by atoms with Crippen molar-refractivity contribution in [2.75, 3.05) is 22.9 Å². The van der Waals surface area contributed by atoms with Gasteiger partial charge in [0.1, 0.15) is 5.75 Å². The molecule has 1 amide bonds. The first-order chi connectivity index (χ1) is 12.2. The number of nitrogens with one attached hydrogen (secondary N) is 2. The number of ether oxygens (including phenoxy) is 1. The Bertz CT molecular complexity index is 900. The first kappa shape index (κ1) is 20.1. The van der Waals surface area contributed by atoms with Crippen molar-refractivity contribution in [3.05, 3.63) is 53.1 Å². The summed E-state index contributed by atoms with van der Waals surface area (Å²) < 4.78 is 32.2. The molecule has 2 aromatic carbocycles. The van der Waals surface area contributed by atoms with Crippen LogP contribution in [0.3, 0.4) is 0 Å². The van der Waals surface area contributed by atoms with Gasteiger partial charge in [0, 0.05) is 16.8 Å². The number of aryl methyl sites for hydroxylation is 1. The first-order valence-electron chi connectivity index (χ1n) is 7.92. The van der Waals surface area contributed by atoms with E-state index in [2.05, 4.69) is 10.0 Å². The van der Waals surface area contributed by atoms with E-state index in [1.54, 1.807) is 49.4 Å². The summed E-state index contributed by atoms with van der Waals surface area (Å²) in [6.07, 6.45) is 0. The summed E-state index contributed by atoms with van der Waals surface area (Å²) in [4.78, 5) is 12.3. The summed E-state index contributed by atoms with van der Waals surface area (Å²) >= 11 is 5.93. The molecule has 8 heteroatoms. The minimum absolute atomic E-state index is 0.352. The van der Waals surface area contributed by atoms with Crippen molar-refractivity contribution in [3.8, 4) is 5.75 Å². The average molecular weight is 397 g/mol. The summed E-state index contributed by atoms with van der Waals surface area (Å²) in [5.74, 6) is -0.967. The quantitative estimate of drug-likeness (QED) is 0.747. The lowest BCUT2D eigenvalue weighted by atomic mass is 10.1.